The summed E-state index contributed by atoms with van der Waals surface area (Å²) < 4.78 is 4.55. The smallest absolute Gasteiger partial charge is 0.293 e. The molecular formula is C6H3ClO3. The topological polar surface area (TPSA) is 47.3 Å². The molecular weight excluding hydrogens is 156 g/mol. The van der Waals surface area contributed by atoms with Crippen LogP contribution in [0.3, 0.4) is 0 Å². The normalized spacial score (nSPS) is 9.30. The Kier molecular flexibility index (Phi) is 1.87. The average Bonchev–Trinajstić information content (AvgIpc) is 2.36. The third-order valence-corrected chi connectivity index (χ3v) is 1.13. The Morgan fingerprint density at radius 2 is 2.20 bits per heavy atom. The van der Waals surface area contributed by atoms with Crippen molar-refractivity contribution in [3.63, 3.8) is 0 Å². The van der Waals surface area contributed by atoms with Gasteiger partial charge in [-0.1, -0.05) is 0 Å². The molecule has 1 aromatic rings. The Labute approximate surface area is 61.6 Å². The fourth-order valence-corrected chi connectivity index (χ4v) is 0.616. The molecule has 0 spiro atoms. The number of hydrogen-bond donors (Lipinski definition) is 0. The fraction of sp³-hybridized carbons (Fsp3) is 0. The third-order valence-electron chi connectivity index (χ3n) is 0.962. The van der Waals surface area contributed by atoms with Gasteiger partial charge in [-0.05, 0) is 17.7 Å². The number of hydrogen-bond acceptors (Lipinski definition) is 3. The van der Waals surface area contributed by atoms with Crippen LogP contribution < -0.4 is 0 Å². The second kappa shape index (κ2) is 2.66. The molecule has 1 aromatic heterocycles. The van der Waals surface area contributed by atoms with Crippen molar-refractivity contribution in [1.29, 1.82) is 0 Å². The maximum Gasteiger partial charge on any atom is 0.293 e. The molecule has 0 aliphatic rings. The van der Waals surface area contributed by atoms with Crippen LogP contribution >= 0.6 is 11.6 Å². The van der Waals surface area contributed by atoms with E-state index < -0.39 is 11.0 Å². The number of carbonyl (C=O) groups excluding carboxylic acids is 2. The molecule has 0 saturated carbocycles. The maximum atomic E-state index is 10.7. The van der Waals surface area contributed by atoms with Gasteiger partial charge in [0.05, 0.1) is 11.8 Å². The molecule has 0 N–H and O–H groups in total. The number of furan rings is 1. The van der Waals surface area contributed by atoms with Crippen LogP contribution in [0.15, 0.2) is 23.0 Å². The Morgan fingerprint density at radius 3 is 2.60 bits per heavy atom. The number of halogens is 1. The van der Waals surface area contributed by atoms with Crippen molar-refractivity contribution in [3.05, 3.63) is 24.2 Å². The van der Waals surface area contributed by atoms with E-state index in [9.17, 15) is 9.59 Å². The van der Waals surface area contributed by atoms with Crippen LogP contribution in [-0.2, 0) is 4.79 Å². The minimum atomic E-state index is -0.999. The Bertz CT molecular complexity index is 250. The summed E-state index contributed by atoms with van der Waals surface area (Å²) in [4.78, 5) is 20.9. The quantitative estimate of drug-likeness (QED) is 0.370. The van der Waals surface area contributed by atoms with Gasteiger partial charge in [-0.3, -0.25) is 9.59 Å². The molecule has 0 radical (unpaired) electrons. The lowest BCUT2D eigenvalue weighted by molar-refractivity contribution is -0.108. The molecule has 0 unspecified atom stereocenters. The molecule has 0 bridgehead atoms. The zero-order valence-electron chi connectivity index (χ0n) is 4.83. The van der Waals surface area contributed by atoms with E-state index in [1.165, 1.54) is 18.6 Å². The molecule has 10 heavy (non-hydrogen) atoms. The largest absolute Gasteiger partial charge is 0.472 e. The third kappa shape index (κ3) is 1.25. The highest BCUT2D eigenvalue weighted by molar-refractivity contribution is 6.83. The zero-order valence-corrected chi connectivity index (χ0v) is 5.59. The van der Waals surface area contributed by atoms with E-state index in [1.807, 2.05) is 0 Å². The minimum absolute atomic E-state index is 0.181. The van der Waals surface area contributed by atoms with Gasteiger partial charge in [-0.2, -0.15) is 0 Å². The lowest BCUT2D eigenvalue weighted by atomic mass is 10.2. The molecule has 4 heteroatoms. The molecule has 3 nitrogen and oxygen atoms in total. The van der Waals surface area contributed by atoms with Gasteiger partial charge in [-0.25, -0.2) is 0 Å². The molecule has 0 aromatic carbocycles. The van der Waals surface area contributed by atoms with Crippen molar-refractivity contribution >= 4 is 22.6 Å². The summed E-state index contributed by atoms with van der Waals surface area (Å²) in [5.41, 5.74) is 0.181. The zero-order chi connectivity index (χ0) is 7.56. The fourth-order valence-electron chi connectivity index (χ4n) is 0.507. The van der Waals surface area contributed by atoms with Crippen LogP contribution in [0.1, 0.15) is 10.4 Å². The second-order valence-corrected chi connectivity index (χ2v) is 1.96. The van der Waals surface area contributed by atoms with Gasteiger partial charge in [0.2, 0.25) is 5.78 Å². The van der Waals surface area contributed by atoms with E-state index in [1.54, 1.807) is 0 Å². The molecule has 0 amide bonds. The Hall–Kier alpha value is -1.09. The van der Waals surface area contributed by atoms with Crippen LogP contribution in [-0.4, -0.2) is 11.0 Å². The highest BCUT2D eigenvalue weighted by Crippen LogP contribution is 2.02. The van der Waals surface area contributed by atoms with Gasteiger partial charge in [0, 0.05) is 0 Å². The molecule has 0 aliphatic heterocycles. The first-order chi connectivity index (χ1) is 4.72. The number of ketones is 1. The number of carbonyl (C=O) groups is 2. The van der Waals surface area contributed by atoms with E-state index in [0.29, 0.717) is 0 Å². The average molecular weight is 159 g/mol. The molecule has 52 valence electrons. The van der Waals surface area contributed by atoms with Crippen molar-refractivity contribution < 1.29 is 14.0 Å². The first kappa shape index (κ1) is 7.02. The predicted octanol–water partition coefficient (Wildman–Crippen LogP) is 1.23. The van der Waals surface area contributed by atoms with Crippen LogP contribution in [0.25, 0.3) is 0 Å². The van der Waals surface area contributed by atoms with Crippen LogP contribution in [0.2, 0.25) is 0 Å². The number of rotatable bonds is 2. The highest BCUT2D eigenvalue weighted by Gasteiger charge is 2.13. The Morgan fingerprint density at radius 1 is 1.50 bits per heavy atom. The first-order valence-corrected chi connectivity index (χ1v) is 2.86. The van der Waals surface area contributed by atoms with Crippen molar-refractivity contribution in [2.45, 2.75) is 0 Å². The second-order valence-electron chi connectivity index (χ2n) is 1.61. The van der Waals surface area contributed by atoms with Gasteiger partial charge < -0.3 is 4.42 Å². The highest BCUT2D eigenvalue weighted by atomic mass is 35.5. The molecule has 0 atom stereocenters. The molecule has 1 heterocycles. The van der Waals surface area contributed by atoms with Gasteiger partial charge in [0.25, 0.3) is 5.24 Å². The summed E-state index contributed by atoms with van der Waals surface area (Å²) in [6.45, 7) is 0. The van der Waals surface area contributed by atoms with E-state index in [2.05, 4.69) is 4.42 Å². The molecule has 0 aliphatic carbocycles. The lowest BCUT2D eigenvalue weighted by Crippen LogP contribution is -2.05. The first-order valence-electron chi connectivity index (χ1n) is 2.48. The van der Waals surface area contributed by atoms with Crippen molar-refractivity contribution in [2.75, 3.05) is 0 Å². The monoisotopic (exact) mass is 158 g/mol. The van der Waals surface area contributed by atoms with Crippen molar-refractivity contribution in [3.8, 4) is 0 Å². The van der Waals surface area contributed by atoms with E-state index in [4.69, 9.17) is 11.6 Å². The summed E-state index contributed by atoms with van der Waals surface area (Å²) in [6, 6.07) is 1.38. The Balaban J connectivity index is 2.88. The van der Waals surface area contributed by atoms with Crippen LogP contribution in [0.4, 0.5) is 0 Å². The van der Waals surface area contributed by atoms with Gasteiger partial charge in [0.1, 0.15) is 6.26 Å². The van der Waals surface area contributed by atoms with Gasteiger partial charge in [0.15, 0.2) is 0 Å². The van der Waals surface area contributed by atoms with Gasteiger partial charge in [-0.15, -0.1) is 0 Å². The summed E-state index contributed by atoms with van der Waals surface area (Å²) in [7, 11) is 0. The number of Topliss-reactive ketones (excluding diaryl/α,β-unsaturated/α-hetero) is 1. The summed E-state index contributed by atoms with van der Waals surface area (Å²) in [5.74, 6) is -0.740. The summed E-state index contributed by atoms with van der Waals surface area (Å²) >= 11 is 4.89. The maximum absolute atomic E-state index is 10.7. The predicted molar refractivity (Wildman–Crippen MR) is 33.9 cm³/mol. The van der Waals surface area contributed by atoms with Crippen molar-refractivity contribution in [2.24, 2.45) is 0 Å². The molecule has 0 saturated heterocycles. The minimum Gasteiger partial charge on any atom is -0.472 e. The standard InChI is InChI=1S/C6H3ClO3/c7-6(9)5(8)4-1-2-10-3-4/h1-3H. The lowest BCUT2D eigenvalue weighted by Gasteiger charge is -1.83. The van der Waals surface area contributed by atoms with Crippen LogP contribution in [0.5, 0.6) is 0 Å². The SMILES string of the molecule is O=C(Cl)C(=O)c1ccoc1. The van der Waals surface area contributed by atoms with Gasteiger partial charge >= 0.3 is 0 Å². The molecule has 0 fully saturated rings. The van der Waals surface area contributed by atoms with Crippen molar-refractivity contribution in [1.82, 2.24) is 0 Å². The summed E-state index contributed by atoms with van der Waals surface area (Å²) in [5, 5.41) is -0.999. The van der Waals surface area contributed by atoms with E-state index >= 15 is 0 Å². The van der Waals surface area contributed by atoms with Crippen LogP contribution in [0, 0.1) is 0 Å². The summed E-state index contributed by atoms with van der Waals surface area (Å²) in [6.07, 6.45) is 2.47. The van der Waals surface area contributed by atoms with E-state index in [0.717, 1.165) is 0 Å². The van der Waals surface area contributed by atoms with E-state index in [-0.39, 0.29) is 5.56 Å². The molecule has 1 rings (SSSR count).